The average molecular weight is 687 g/mol. The van der Waals surface area contributed by atoms with Crippen LogP contribution in [0.3, 0.4) is 0 Å². The second kappa shape index (κ2) is 12.5. The Morgan fingerprint density at radius 1 is 0.389 bits per heavy atom. The number of nitriles is 1. The van der Waals surface area contributed by atoms with Crippen molar-refractivity contribution in [1.29, 1.82) is 5.26 Å². The molecule has 4 heteroatoms. The van der Waals surface area contributed by atoms with E-state index in [-0.39, 0.29) is 0 Å². The second-order valence-corrected chi connectivity index (χ2v) is 13.6. The molecule has 54 heavy (non-hydrogen) atoms. The van der Waals surface area contributed by atoms with Gasteiger partial charge >= 0.3 is 0 Å². The highest BCUT2D eigenvalue weighted by Gasteiger charge is 2.18. The molecule has 8 aromatic carbocycles. The lowest BCUT2D eigenvalue weighted by Crippen LogP contribution is -1.95. The van der Waals surface area contributed by atoms with Gasteiger partial charge in [-0.2, -0.15) is 5.26 Å². The van der Waals surface area contributed by atoms with Gasteiger partial charge in [0.1, 0.15) is 0 Å². The standard InChI is InChI=1S/C50H30N4/c1-52-40-25-33(32-51)26-42(31-40)54-48-23-19-37(35-13-7-3-8-14-35)28-45(48)46-29-38(20-24-49(46)54)39-17-21-43-44-27-36(34-11-5-2-6-12-34)18-22-47(44)53(50(43)30-39)41-15-9-4-10-16-41/h2-31H. The van der Waals surface area contributed by atoms with Crippen LogP contribution in [0.1, 0.15) is 5.56 Å². The van der Waals surface area contributed by atoms with Gasteiger partial charge in [-0.15, -0.1) is 0 Å². The van der Waals surface area contributed by atoms with E-state index < -0.39 is 0 Å². The summed E-state index contributed by atoms with van der Waals surface area (Å²) in [6, 6.07) is 66.0. The summed E-state index contributed by atoms with van der Waals surface area (Å²) in [6.45, 7) is 7.73. The molecule has 0 spiro atoms. The molecule has 0 aliphatic rings. The van der Waals surface area contributed by atoms with Crippen molar-refractivity contribution in [3.8, 4) is 50.8 Å². The molecule has 250 valence electrons. The molecule has 2 heterocycles. The van der Waals surface area contributed by atoms with Gasteiger partial charge in [0.05, 0.1) is 34.7 Å². The monoisotopic (exact) mass is 686 g/mol. The van der Waals surface area contributed by atoms with Crippen LogP contribution in [0.5, 0.6) is 0 Å². The van der Waals surface area contributed by atoms with Gasteiger partial charge < -0.3 is 9.13 Å². The molecular weight excluding hydrogens is 657 g/mol. The van der Waals surface area contributed by atoms with E-state index in [1.54, 1.807) is 6.07 Å². The van der Waals surface area contributed by atoms with Crippen molar-refractivity contribution in [2.75, 3.05) is 0 Å². The Morgan fingerprint density at radius 2 is 0.852 bits per heavy atom. The van der Waals surface area contributed by atoms with Crippen LogP contribution in [0.2, 0.25) is 0 Å². The maximum absolute atomic E-state index is 9.85. The van der Waals surface area contributed by atoms with E-state index in [2.05, 4.69) is 178 Å². The van der Waals surface area contributed by atoms with Gasteiger partial charge in [-0.25, -0.2) is 4.85 Å². The zero-order valence-electron chi connectivity index (χ0n) is 29.1. The minimum absolute atomic E-state index is 0.439. The predicted octanol–water partition coefficient (Wildman–Crippen LogP) is 13.3. The molecule has 0 radical (unpaired) electrons. The quantitative estimate of drug-likeness (QED) is 0.166. The minimum atomic E-state index is 0.439. The highest BCUT2D eigenvalue weighted by molar-refractivity contribution is 6.13. The fourth-order valence-electron chi connectivity index (χ4n) is 8.01. The molecule has 0 bridgehead atoms. The summed E-state index contributed by atoms with van der Waals surface area (Å²) >= 11 is 0. The van der Waals surface area contributed by atoms with E-state index in [1.165, 1.54) is 27.4 Å². The number of hydrogen-bond donors (Lipinski definition) is 0. The SMILES string of the molecule is [C-]#[N+]c1cc(C#N)cc(-n2c3ccc(-c4ccccc4)cc3c3cc(-c4ccc5c6cc(-c7ccccc7)ccc6n(-c6ccccc6)c5c4)ccc32)c1. The summed E-state index contributed by atoms with van der Waals surface area (Å²) < 4.78 is 4.55. The van der Waals surface area contributed by atoms with Crippen molar-refractivity contribution in [2.24, 2.45) is 0 Å². The van der Waals surface area contributed by atoms with Crippen LogP contribution < -0.4 is 0 Å². The summed E-state index contributed by atoms with van der Waals surface area (Å²) in [5, 5.41) is 14.5. The van der Waals surface area contributed by atoms with Crippen molar-refractivity contribution in [3.05, 3.63) is 199 Å². The Labute approximate surface area is 312 Å². The number of nitrogens with zero attached hydrogens (tertiary/aromatic N) is 4. The van der Waals surface area contributed by atoms with E-state index in [9.17, 15) is 5.26 Å². The lowest BCUT2D eigenvalue weighted by Gasteiger charge is -2.11. The van der Waals surface area contributed by atoms with Crippen LogP contribution in [0.25, 0.3) is 93.2 Å². The summed E-state index contributed by atoms with van der Waals surface area (Å²) in [5.41, 5.74) is 14.0. The molecule has 0 saturated heterocycles. The first-order valence-electron chi connectivity index (χ1n) is 17.9. The zero-order chi connectivity index (χ0) is 36.2. The van der Waals surface area contributed by atoms with E-state index in [4.69, 9.17) is 6.57 Å². The first-order valence-corrected chi connectivity index (χ1v) is 17.9. The summed E-state index contributed by atoms with van der Waals surface area (Å²) in [5.74, 6) is 0. The first-order chi connectivity index (χ1) is 26.7. The largest absolute Gasteiger partial charge is 0.310 e. The van der Waals surface area contributed by atoms with Gasteiger partial charge in [-0.1, -0.05) is 109 Å². The first kappa shape index (κ1) is 31.1. The topological polar surface area (TPSA) is 38.0 Å². The number of aromatic nitrogens is 2. The van der Waals surface area contributed by atoms with Crippen LogP contribution >= 0.6 is 0 Å². The molecule has 2 aromatic heterocycles. The fourth-order valence-corrected chi connectivity index (χ4v) is 8.01. The number of fused-ring (bicyclic) bond motifs is 6. The molecule has 0 atom stereocenters. The Balaban J connectivity index is 1.21. The average Bonchev–Trinajstić information content (AvgIpc) is 3.75. The number of hydrogen-bond acceptors (Lipinski definition) is 1. The Morgan fingerprint density at radius 3 is 1.39 bits per heavy atom. The normalized spacial score (nSPS) is 11.3. The van der Waals surface area contributed by atoms with Crippen molar-refractivity contribution in [3.63, 3.8) is 0 Å². The van der Waals surface area contributed by atoms with Gasteiger partial charge in [0.25, 0.3) is 0 Å². The molecule has 0 amide bonds. The van der Waals surface area contributed by atoms with Gasteiger partial charge in [-0.05, 0) is 106 Å². The maximum atomic E-state index is 9.85. The van der Waals surface area contributed by atoms with Gasteiger partial charge in [0, 0.05) is 38.5 Å². The molecule has 0 fully saturated rings. The van der Waals surface area contributed by atoms with Crippen LogP contribution in [0.15, 0.2) is 182 Å². The van der Waals surface area contributed by atoms with Crippen molar-refractivity contribution >= 4 is 49.3 Å². The Hall–Kier alpha value is -7.66. The number of benzene rings is 8. The molecule has 0 saturated carbocycles. The summed E-state index contributed by atoms with van der Waals surface area (Å²) in [6.07, 6.45) is 0. The Kier molecular flexibility index (Phi) is 7.22. The van der Waals surface area contributed by atoms with Crippen LogP contribution in [0, 0.1) is 17.9 Å². The fraction of sp³-hybridized carbons (Fsp3) is 0. The molecule has 0 aliphatic carbocycles. The minimum Gasteiger partial charge on any atom is -0.310 e. The summed E-state index contributed by atoms with van der Waals surface area (Å²) in [4.78, 5) is 3.69. The summed E-state index contributed by atoms with van der Waals surface area (Å²) in [7, 11) is 0. The highest BCUT2D eigenvalue weighted by atomic mass is 15.0. The van der Waals surface area contributed by atoms with Gasteiger partial charge in [0.2, 0.25) is 0 Å². The maximum Gasteiger partial charge on any atom is 0.190 e. The zero-order valence-corrected chi connectivity index (χ0v) is 29.1. The van der Waals surface area contributed by atoms with E-state index in [1.807, 2.05) is 18.2 Å². The van der Waals surface area contributed by atoms with Crippen molar-refractivity contribution < 1.29 is 0 Å². The van der Waals surface area contributed by atoms with E-state index in [0.29, 0.717) is 11.3 Å². The van der Waals surface area contributed by atoms with Crippen LogP contribution in [0.4, 0.5) is 5.69 Å². The second-order valence-electron chi connectivity index (χ2n) is 13.6. The van der Waals surface area contributed by atoms with Gasteiger partial charge in [-0.3, -0.25) is 0 Å². The van der Waals surface area contributed by atoms with Crippen molar-refractivity contribution in [1.82, 2.24) is 9.13 Å². The van der Waals surface area contributed by atoms with Gasteiger partial charge in [0.15, 0.2) is 5.69 Å². The lowest BCUT2D eigenvalue weighted by molar-refractivity contribution is 1.18. The number of para-hydroxylation sites is 1. The van der Waals surface area contributed by atoms with Crippen LogP contribution in [-0.2, 0) is 0 Å². The third-order valence-corrected chi connectivity index (χ3v) is 10.5. The van der Waals surface area contributed by atoms with E-state index in [0.717, 1.165) is 61.0 Å². The molecule has 0 aliphatic heterocycles. The highest BCUT2D eigenvalue weighted by Crippen LogP contribution is 2.40. The van der Waals surface area contributed by atoms with Crippen molar-refractivity contribution in [2.45, 2.75) is 0 Å². The van der Waals surface area contributed by atoms with Crippen LogP contribution in [-0.4, -0.2) is 9.13 Å². The molecule has 4 nitrogen and oxygen atoms in total. The molecule has 0 unspecified atom stereocenters. The number of rotatable bonds is 5. The Bertz CT molecular complexity index is 3120. The molecule has 0 N–H and O–H groups in total. The molecular formula is C50H30N4. The molecule has 10 rings (SSSR count). The molecule has 10 aromatic rings. The third kappa shape index (κ3) is 5.06. The smallest absolute Gasteiger partial charge is 0.190 e. The van der Waals surface area contributed by atoms with E-state index >= 15 is 0 Å². The predicted molar refractivity (Wildman–Crippen MR) is 222 cm³/mol. The third-order valence-electron chi connectivity index (χ3n) is 10.5. The lowest BCUT2D eigenvalue weighted by atomic mass is 9.99.